The smallest absolute Gasteiger partial charge is 0.240 e. The Balaban J connectivity index is 2.34. The van der Waals surface area contributed by atoms with E-state index in [0.29, 0.717) is 6.54 Å². The van der Waals surface area contributed by atoms with Gasteiger partial charge in [0.15, 0.2) is 0 Å². The molecule has 0 aliphatic carbocycles. The van der Waals surface area contributed by atoms with E-state index in [4.69, 9.17) is 10.5 Å². The zero-order chi connectivity index (χ0) is 16.0. The number of nitrogens with zero attached hydrogens (tertiary/aromatic N) is 2. The predicted molar refractivity (Wildman–Crippen MR) is 86.2 cm³/mol. The molecule has 21 heavy (non-hydrogen) atoms. The third-order valence-electron chi connectivity index (χ3n) is 4.31. The molecule has 1 saturated heterocycles. The van der Waals surface area contributed by atoms with Crippen LogP contribution in [0.4, 0.5) is 0 Å². The quantitative estimate of drug-likeness (QED) is 0.770. The van der Waals surface area contributed by atoms with Crippen LogP contribution in [0.25, 0.3) is 0 Å². The van der Waals surface area contributed by atoms with Crippen molar-refractivity contribution in [2.24, 2.45) is 11.1 Å². The largest absolute Gasteiger partial charge is 0.375 e. The van der Waals surface area contributed by atoms with Gasteiger partial charge in [0.1, 0.15) is 0 Å². The van der Waals surface area contributed by atoms with Crippen molar-refractivity contribution in [3.05, 3.63) is 0 Å². The lowest BCUT2D eigenvalue weighted by Gasteiger charge is -2.29. The molecule has 0 aromatic carbocycles. The zero-order valence-corrected chi connectivity index (χ0v) is 14.4. The number of likely N-dealkylation sites (N-methyl/N-ethyl adjacent to an activating group) is 1. The van der Waals surface area contributed by atoms with Gasteiger partial charge in [-0.25, -0.2) is 0 Å². The lowest BCUT2D eigenvalue weighted by atomic mass is 9.86. The number of carbonyl (C=O) groups excluding carboxylic acids is 1. The molecule has 0 aromatic heterocycles. The van der Waals surface area contributed by atoms with Crippen LogP contribution in [-0.4, -0.2) is 67.2 Å². The molecule has 1 heterocycles. The summed E-state index contributed by atoms with van der Waals surface area (Å²) in [6, 6.07) is -0.438. The van der Waals surface area contributed by atoms with Gasteiger partial charge in [0.25, 0.3) is 0 Å². The minimum Gasteiger partial charge on any atom is -0.375 e. The molecule has 124 valence electrons. The van der Waals surface area contributed by atoms with Crippen molar-refractivity contribution >= 4 is 5.91 Å². The lowest BCUT2D eigenvalue weighted by Crippen LogP contribution is -2.50. The second kappa shape index (κ2) is 8.11. The standard InChI is InChI=1S/C16H33N3O2/c1-6-18(7-2)10-11-21-13-8-9-19(12-13)15(20)14(17)16(3,4)5/h13-14H,6-12,17H2,1-5H3/t13?,14-/m1/s1. The Hall–Kier alpha value is -0.650. The van der Waals surface area contributed by atoms with Gasteiger partial charge in [0.2, 0.25) is 5.91 Å². The highest BCUT2D eigenvalue weighted by atomic mass is 16.5. The third kappa shape index (κ3) is 5.57. The topological polar surface area (TPSA) is 58.8 Å². The molecule has 0 radical (unpaired) electrons. The summed E-state index contributed by atoms with van der Waals surface area (Å²) in [5.74, 6) is 0.0531. The first kappa shape index (κ1) is 18.4. The van der Waals surface area contributed by atoms with Crippen LogP contribution in [0.1, 0.15) is 41.0 Å². The van der Waals surface area contributed by atoms with Crippen LogP contribution in [0, 0.1) is 5.41 Å². The zero-order valence-electron chi connectivity index (χ0n) is 14.4. The number of hydrogen-bond acceptors (Lipinski definition) is 4. The molecule has 1 fully saturated rings. The van der Waals surface area contributed by atoms with Crippen molar-refractivity contribution in [3.8, 4) is 0 Å². The van der Waals surface area contributed by atoms with Crippen LogP contribution in [0.15, 0.2) is 0 Å². The Kier molecular flexibility index (Phi) is 7.10. The highest BCUT2D eigenvalue weighted by Gasteiger charge is 2.34. The molecular weight excluding hydrogens is 266 g/mol. The summed E-state index contributed by atoms with van der Waals surface area (Å²) in [6.07, 6.45) is 1.08. The average molecular weight is 299 g/mol. The highest BCUT2D eigenvalue weighted by Crippen LogP contribution is 2.21. The van der Waals surface area contributed by atoms with E-state index in [2.05, 4.69) is 18.7 Å². The van der Waals surface area contributed by atoms with E-state index in [0.717, 1.165) is 39.2 Å². The van der Waals surface area contributed by atoms with E-state index < -0.39 is 6.04 Å². The second-order valence-corrected chi connectivity index (χ2v) is 6.94. The van der Waals surface area contributed by atoms with Gasteiger partial charge in [-0.3, -0.25) is 4.79 Å². The van der Waals surface area contributed by atoms with E-state index in [-0.39, 0.29) is 17.4 Å². The lowest BCUT2D eigenvalue weighted by molar-refractivity contribution is -0.134. The molecule has 1 amide bonds. The van der Waals surface area contributed by atoms with E-state index in [9.17, 15) is 4.79 Å². The highest BCUT2D eigenvalue weighted by molar-refractivity contribution is 5.82. The van der Waals surface area contributed by atoms with Crippen molar-refractivity contribution in [3.63, 3.8) is 0 Å². The summed E-state index contributed by atoms with van der Waals surface area (Å²) in [6.45, 7) is 15.6. The number of amides is 1. The molecule has 5 nitrogen and oxygen atoms in total. The summed E-state index contributed by atoms with van der Waals surface area (Å²) < 4.78 is 5.91. The molecule has 1 aliphatic heterocycles. The Morgan fingerprint density at radius 2 is 2.00 bits per heavy atom. The van der Waals surface area contributed by atoms with Crippen molar-refractivity contribution < 1.29 is 9.53 Å². The molecule has 0 saturated carbocycles. The van der Waals surface area contributed by atoms with Gasteiger partial charge in [-0.15, -0.1) is 0 Å². The molecule has 1 rings (SSSR count). The normalized spacial score (nSPS) is 21.1. The summed E-state index contributed by atoms with van der Waals surface area (Å²) in [5, 5.41) is 0. The van der Waals surface area contributed by atoms with Gasteiger partial charge in [-0.05, 0) is 24.9 Å². The average Bonchev–Trinajstić information content (AvgIpc) is 2.89. The summed E-state index contributed by atoms with van der Waals surface area (Å²) in [5.41, 5.74) is 5.86. The molecule has 2 atom stereocenters. The number of ether oxygens (including phenoxy) is 1. The fraction of sp³-hybridized carbons (Fsp3) is 0.938. The Labute approximate surface area is 129 Å². The van der Waals surface area contributed by atoms with Crippen LogP contribution in [0.2, 0.25) is 0 Å². The van der Waals surface area contributed by atoms with Crippen LogP contribution < -0.4 is 5.73 Å². The Morgan fingerprint density at radius 1 is 1.38 bits per heavy atom. The maximum atomic E-state index is 12.3. The van der Waals surface area contributed by atoms with Crippen LogP contribution in [0.3, 0.4) is 0 Å². The van der Waals surface area contributed by atoms with E-state index in [1.54, 1.807) is 0 Å². The Bertz CT molecular complexity index is 324. The van der Waals surface area contributed by atoms with Gasteiger partial charge in [-0.2, -0.15) is 0 Å². The summed E-state index contributed by atoms with van der Waals surface area (Å²) in [4.78, 5) is 16.5. The van der Waals surface area contributed by atoms with Gasteiger partial charge >= 0.3 is 0 Å². The van der Waals surface area contributed by atoms with Crippen molar-refractivity contribution in [1.29, 1.82) is 0 Å². The molecule has 1 unspecified atom stereocenters. The number of rotatable bonds is 7. The van der Waals surface area contributed by atoms with Gasteiger partial charge in [0, 0.05) is 19.6 Å². The van der Waals surface area contributed by atoms with Gasteiger partial charge in [-0.1, -0.05) is 34.6 Å². The predicted octanol–water partition coefficient (Wildman–Crippen LogP) is 1.32. The van der Waals surface area contributed by atoms with Crippen molar-refractivity contribution in [2.45, 2.75) is 53.2 Å². The molecular formula is C16H33N3O2. The molecule has 0 bridgehead atoms. The molecule has 1 aliphatic rings. The van der Waals surface area contributed by atoms with Gasteiger partial charge in [0.05, 0.1) is 18.8 Å². The molecule has 0 aromatic rings. The molecule has 0 spiro atoms. The monoisotopic (exact) mass is 299 g/mol. The van der Waals surface area contributed by atoms with Crippen LogP contribution in [-0.2, 0) is 9.53 Å². The van der Waals surface area contributed by atoms with Crippen LogP contribution in [0.5, 0.6) is 0 Å². The molecule has 5 heteroatoms. The fourth-order valence-corrected chi connectivity index (χ4v) is 2.52. The van der Waals surface area contributed by atoms with Gasteiger partial charge < -0.3 is 20.3 Å². The van der Waals surface area contributed by atoms with E-state index >= 15 is 0 Å². The fourth-order valence-electron chi connectivity index (χ4n) is 2.52. The Morgan fingerprint density at radius 3 is 2.52 bits per heavy atom. The van der Waals surface area contributed by atoms with E-state index in [1.165, 1.54) is 0 Å². The summed E-state index contributed by atoms with van der Waals surface area (Å²) in [7, 11) is 0. The first-order valence-corrected chi connectivity index (χ1v) is 8.17. The maximum absolute atomic E-state index is 12.3. The number of nitrogens with two attached hydrogens (primary N) is 1. The van der Waals surface area contributed by atoms with Crippen molar-refractivity contribution in [1.82, 2.24) is 9.80 Å². The summed E-state index contributed by atoms with van der Waals surface area (Å²) >= 11 is 0. The third-order valence-corrected chi connectivity index (χ3v) is 4.31. The first-order chi connectivity index (χ1) is 9.79. The number of hydrogen-bond donors (Lipinski definition) is 1. The van der Waals surface area contributed by atoms with E-state index in [1.807, 2.05) is 25.7 Å². The maximum Gasteiger partial charge on any atom is 0.240 e. The second-order valence-electron chi connectivity index (χ2n) is 6.94. The number of likely N-dealkylation sites (tertiary alicyclic amines) is 1. The minimum atomic E-state index is -0.438. The first-order valence-electron chi connectivity index (χ1n) is 8.17. The van der Waals surface area contributed by atoms with Crippen LogP contribution >= 0.6 is 0 Å². The van der Waals surface area contributed by atoms with Crippen molar-refractivity contribution in [2.75, 3.05) is 39.3 Å². The SMILES string of the molecule is CCN(CC)CCOC1CCN(C(=O)[C@@H](N)C(C)(C)C)C1. The minimum absolute atomic E-state index is 0.0531. The number of carbonyl (C=O) groups is 1. The molecule has 2 N–H and O–H groups in total.